The van der Waals surface area contributed by atoms with Crippen molar-refractivity contribution in [1.29, 1.82) is 0 Å². The third-order valence-corrected chi connectivity index (χ3v) is 3.64. The van der Waals surface area contributed by atoms with E-state index in [0.717, 1.165) is 41.1 Å². The van der Waals surface area contributed by atoms with Crippen molar-refractivity contribution in [2.45, 2.75) is 13.0 Å². The first-order chi connectivity index (χ1) is 7.61. The maximum absolute atomic E-state index is 6.16. The van der Waals surface area contributed by atoms with E-state index < -0.39 is 0 Å². The number of rotatable bonds is 6. The molecule has 1 aromatic rings. The Hall–Kier alpha value is -0.0900. The summed E-state index contributed by atoms with van der Waals surface area (Å²) >= 11 is 9.58. The normalized spacial score (nSPS) is 11.1. The molecular weight excluding hydrogens is 288 g/mol. The fourth-order valence-corrected chi connectivity index (χ4v) is 2.03. The van der Waals surface area contributed by atoms with E-state index in [1.165, 1.54) is 0 Å². The second kappa shape index (κ2) is 7.28. The van der Waals surface area contributed by atoms with Gasteiger partial charge in [-0.3, -0.25) is 0 Å². The molecule has 0 heterocycles. The van der Waals surface area contributed by atoms with Crippen LogP contribution in [0.5, 0.6) is 0 Å². The van der Waals surface area contributed by atoms with Gasteiger partial charge in [0.1, 0.15) is 0 Å². The second-order valence-electron chi connectivity index (χ2n) is 4.05. The Labute approximate surface area is 111 Å². The monoisotopic (exact) mass is 304 g/mol. The van der Waals surface area contributed by atoms with Gasteiger partial charge in [-0.1, -0.05) is 23.7 Å². The van der Waals surface area contributed by atoms with Crippen LogP contribution in [0.15, 0.2) is 22.7 Å². The molecule has 0 saturated carbocycles. The number of halogens is 2. The number of hydrogen-bond donors (Lipinski definition) is 1. The van der Waals surface area contributed by atoms with Crippen LogP contribution in [0.1, 0.15) is 12.0 Å². The third-order valence-electron chi connectivity index (χ3n) is 2.31. The maximum Gasteiger partial charge on any atom is 0.0592 e. The maximum atomic E-state index is 6.16. The minimum absolute atomic E-state index is 0.808. The molecule has 0 saturated heterocycles. The van der Waals surface area contributed by atoms with Gasteiger partial charge >= 0.3 is 0 Å². The lowest BCUT2D eigenvalue weighted by atomic mass is 10.2. The molecule has 16 heavy (non-hydrogen) atoms. The molecule has 0 amide bonds. The molecule has 1 aromatic carbocycles. The lowest BCUT2D eigenvalue weighted by Gasteiger charge is -2.10. The predicted molar refractivity (Wildman–Crippen MR) is 74.0 cm³/mol. The van der Waals surface area contributed by atoms with E-state index in [-0.39, 0.29) is 0 Å². The van der Waals surface area contributed by atoms with E-state index in [9.17, 15) is 0 Å². The first kappa shape index (κ1) is 14.0. The van der Waals surface area contributed by atoms with E-state index in [0.29, 0.717) is 0 Å². The van der Waals surface area contributed by atoms with Crippen LogP contribution in [0.25, 0.3) is 0 Å². The summed E-state index contributed by atoms with van der Waals surface area (Å²) in [6, 6.07) is 6.01. The van der Waals surface area contributed by atoms with Crippen LogP contribution < -0.4 is 5.32 Å². The van der Waals surface area contributed by atoms with Gasteiger partial charge in [-0.25, -0.2) is 0 Å². The van der Waals surface area contributed by atoms with Gasteiger partial charge in [0.25, 0.3) is 0 Å². The Kier molecular flexibility index (Phi) is 6.36. The predicted octanol–water partition coefficient (Wildman–Crippen LogP) is 3.14. The molecule has 4 heteroatoms. The summed E-state index contributed by atoms with van der Waals surface area (Å²) in [5.74, 6) is 0. The number of benzene rings is 1. The highest BCUT2D eigenvalue weighted by atomic mass is 79.9. The zero-order chi connectivity index (χ0) is 12.0. The first-order valence-corrected chi connectivity index (χ1v) is 6.56. The van der Waals surface area contributed by atoms with Gasteiger partial charge in [0.2, 0.25) is 0 Å². The van der Waals surface area contributed by atoms with E-state index in [1.807, 2.05) is 18.2 Å². The number of hydrogen-bond acceptors (Lipinski definition) is 2. The van der Waals surface area contributed by atoms with Crippen molar-refractivity contribution in [2.24, 2.45) is 0 Å². The highest BCUT2D eigenvalue weighted by Crippen LogP contribution is 2.25. The minimum atomic E-state index is 0.808. The topological polar surface area (TPSA) is 15.3 Å². The highest BCUT2D eigenvalue weighted by molar-refractivity contribution is 9.10. The molecule has 0 atom stereocenters. The molecule has 0 aromatic heterocycles. The van der Waals surface area contributed by atoms with Gasteiger partial charge in [0.15, 0.2) is 0 Å². The standard InChI is InChI=1S/C12H18BrClN2/c1-16(2)8-4-7-15-9-10-5-3-6-11(13)12(10)14/h3,5-6,15H,4,7-9H2,1-2H3. The average molecular weight is 306 g/mol. The van der Waals surface area contributed by atoms with Gasteiger partial charge in [-0.15, -0.1) is 0 Å². The Bertz CT molecular complexity index is 329. The van der Waals surface area contributed by atoms with Crippen LogP contribution >= 0.6 is 27.5 Å². The summed E-state index contributed by atoms with van der Waals surface area (Å²) in [6.45, 7) is 2.95. The van der Waals surface area contributed by atoms with E-state index in [4.69, 9.17) is 11.6 Å². The first-order valence-electron chi connectivity index (χ1n) is 5.39. The summed E-state index contributed by atoms with van der Waals surface area (Å²) in [7, 11) is 4.18. The van der Waals surface area contributed by atoms with Crippen molar-refractivity contribution in [1.82, 2.24) is 10.2 Å². The van der Waals surface area contributed by atoms with Crippen LogP contribution in [0.3, 0.4) is 0 Å². The molecule has 0 radical (unpaired) electrons. The molecule has 0 unspecified atom stereocenters. The molecule has 0 aliphatic carbocycles. The van der Waals surface area contributed by atoms with Crippen molar-refractivity contribution in [3.8, 4) is 0 Å². The Balaban J connectivity index is 2.29. The van der Waals surface area contributed by atoms with Crippen molar-refractivity contribution in [2.75, 3.05) is 27.2 Å². The number of nitrogens with one attached hydrogen (secondary N) is 1. The number of nitrogens with zero attached hydrogens (tertiary/aromatic N) is 1. The second-order valence-corrected chi connectivity index (χ2v) is 5.28. The van der Waals surface area contributed by atoms with Gasteiger partial charge in [0.05, 0.1) is 5.02 Å². The molecule has 0 fully saturated rings. The van der Waals surface area contributed by atoms with Crippen LogP contribution in [0.2, 0.25) is 5.02 Å². The van der Waals surface area contributed by atoms with Crippen LogP contribution in [-0.2, 0) is 6.54 Å². The molecule has 1 rings (SSSR count). The van der Waals surface area contributed by atoms with Crippen molar-refractivity contribution >= 4 is 27.5 Å². The Morgan fingerprint density at radius 2 is 2.12 bits per heavy atom. The minimum Gasteiger partial charge on any atom is -0.313 e. The third kappa shape index (κ3) is 4.83. The van der Waals surface area contributed by atoms with Crippen molar-refractivity contribution in [3.05, 3.63) is 33.3 Å². The summed E-state index contributed by atoms with van der Waals surface area (Å²) < 4.78 is 0.960. The van der Waals surface area contributed by atoms with Crippen molar-refractivity contribution < 1.29 is 0 Å². The lowest BCUT2D eigenvalue weighted by Crippen LogP contribution is -2.21. The molecular formula is C12H18BrClN2. The highest BCUT2D eigenvalue weighted by Gasteiger charge is 2.02. The van der Waals surface area contributed by atoms with E-state index in [1.54, 1.807) is 0 Å². The smallest absolute Gasteiger partial charge is 0.0592 e. The Morgan fingerprint density at radius 1 is 1.38 bits per heavy atom. The van der Waals surface area contributed by atoms with Gasteiger partial charge in [-0.2, -0.15) is 0 Å². The quantitative estimate of drug-likeness (QED) is 0.812. The summed E-state index contributed by atoms with van der Waals surface area (Å²) in [5, 5.41) is 4.20. The van der Waals surface area contributed by atoms with Gasteiger partial charge in [0, 0.05) is 11.0 Å². The largest absolute Gasteiger partial charge is 0.313 e. The SMILES string of the molecule is CN(C)CCCNCc1cccc(Br)c1Cl. The van der Waals surface area contributed by atoms with Gasteiger partial charge < -0.3 is 10.2 Å². The molecule has 90 valence electrons. The van der Waals surface area contributed by atoms with Crippen molar-refractivity contribution in [3.63, 3.8) is 0 Å². The van der Waals surface area contributed by atoms with Crippen LogP contribution in [0.4, 0.5) is 0 Å². The Morgan fingerprint density at radius 3 is 2.81 bits per heavy atom. The lowest BCUT2D eigenvalue weighted by molar-refractivity contribution is 0.394. The summed E-state index contributed by atoms with van der Waals surface area (Å²) in [6.07, 6.45) is 1.15. The molecule has 0 aliphatic rings. The fraction of sp³-hybridized carbons (Fsp3) is 0.500. The average Bonchev–Trinajstić information content (AvgIpc) is 2.23. The summed E-state index contributed by atoms with van der Waals surface area (Å²) in [4.78, 5) is 2.19. The van der Waals surface area contributed by atoms with Crippen LogP contribution in [-0.4, -0.2) is 32.1 Å². The zero-order valence-corrected chi connectivity index (χ0v) is 12.1. The molecule has 1 N–H and O–H groups in total. The fourth-order valence-electron chi connectivity index (χ4n) is 1.43. The zero-order valence-electron chi connectivity index (χ0n) is 9.76. The summed E-state index contributed by atoms with van der Waals surface area (Å²) in [5.41, 5.74) is 1.14. The molecule has 0 spiro atoms. The van der Waals surface area contributed by atoms with E-state index in [2.05, 4.69) is 40.2 Å². The van der Waals surface area contributed by atoms with Crippen LogP contribution in [0, 0.1) is 0 Å². The molecule has 0 bridgehead atoms. The molecule has 2 nitrogen and oxygen atoms in total. The van der Waals surface area contributed by atoms with E-state index >= 15 is 0 Å². The van der Waals surface area contributed by atoms with Gasteiger partial charge in [-0.05, 0) is 61.2 Å². The molecule has 0 aliphatic heterocycles.